The Hall–Kier alpha value is -2.30. The van der Waals surface area contributed by atoms with Gasteiger partial charge >= 0.3 is 11.8 Å². The highest BCUT2D eigenvalue weighted by Crippen LogP contribution is 2.49. The molecule has 1 heterocycles. The van der Waals surface area contributed by atoms with E-state index >= 15 is 0 Å². The highest BCUT2D eigenvalue weighted by atomic mass is 19.3. The molecule has 2 nitrogen and oxygen atoms in total. The van der Waals surface area contributed by atoms with Crippen molar-refractivity contribution in [3.05, 3.63) is 66.0 Å². The molecule has 0 bridgehead atoms. The molecule has 102 valence electrons. The zero-order valence-corrected chi connectivity index (χ0v) is 10.3. The molecule has 0 saturated carbocycles. The highest BCUT2D eigenvalue weighted by molar-refractivity contribution is 6.07. The SMILES string of the molecule is O=C1N(c2ccccc2)C(c2cccc(F)c2)C1(F)F. The van der Waals surface area contributed by atoms with Crippen LogP contribution in [0, 0.1) is 5.82 Å². The van der Waals surface area contributed by atoms with E-state index < -0.39 is 23.7 Å². The maximum Gasteiger partial charge on any atom is 0.349 e. The molecule has 1 saturated heterocycles. The maximum absolute atomic E-state index is 13.8. The van der Waals surface area contributed by atoms with E-state index in [-0.39, 0.29) is 5.56 Å². The molecule has 1 unspecified atom stereocenters. The number of carbonyl (C=O) groups is 1. The van der Waals surface area contributed by atoms with E-state index in [4.69, 9.17) is 0 Å². The minimum atomic E-state index is -3.51. The Kier molecular flexibility index (Phi) is 2.78. The summed E-state index contributed by atoms with van der Waals surface area (Å²) in [5.74, 6) is -5.38. The van der Waals surface area contributed by atoms with Crippen LogP contribution in [-0.4, -0.2) is 11.8 Å². The molecule has 5 heteroatoms. The van der Waals surface area contributed by atoms with Gasteiger partial charge in [-0.1, -0.05) is 30.3 Å². The van der Waals surface area contributed by atoms with Crippen LogP contribution in [-0.2, 0) is 4.79 Å². The Labute approximate surface area is 113 Å². The fourth-order valence-corrected chi connectivity index (χ4v) is 2.38. The van der Waals surface area contributed by atoms with Gasteiger partial charge in [-0.3, -0.25) is 9.69 Å². The number of alkyl halides is 2. The third kappa shape index (κ3) is 1.78. The van der Waals surface area contributed by atoms with Crippen molar-refractivity contribution >= 4 is 11.6 Å². The highest BCUT2D eigenvalue weighted by Gasteiger charge is 2.64. The Balaban J connectivity index is 2.05. The standard InChI is InChI=1S/C15H10F3NO/c16-11-6-4-5-10(9-11)13-15(17,18)14(20)19(13)12-7-2-1-3-8-12/h1-9,13H. The third-order valence-corrected chi connectivity index (χ3v) is 3.30. The average Bonchev–Trinajstić information content (AvgIpc) is 2.44. The number of halogens is 3. The van der Waals surface area contributed by atoms with Crippen LogP contribution < -0.4 is 4.90 Å². The molecule has 1 aliphatic heterocycles. The largest absolute Gasteiger partial charge is 0.349 e. The Morgan fingerprint density at radius 3 is 2.35 bits per heavy atom. The molecule has 0 aromatic heterocycles. The average molecular weight is 277 g/mol. The number of para-hydroxylation sites is 1. The van der Waals surface area contributed by atoms with Crippen LogP contribution in [0.4, 0.5) is 18.9 Å². The van der Waals surface area contributed by atoms with Crippen LogP contribution in [0.25, 0.3) is 0 Å². The van der Waals surface area contributed by atoms with Crippen molar-refractivity contribution in [3.63, 3.8) is 0 Å². The summed E-state index contributed by atoms with van der Waals surface area (Å²) in [6.07, 6.45) is 0. The van der Waals surface area contributed by atoms with Gasteiger partial charge in [0.2, 0.25) is 0 Å². The lowest BCUT2D eigenvalue weighted by Gasteiger charge is -2.46. The molecule has 20 heavy (non-hydrogen) atoms. The van der Waals surface area contributed by atoms with Crippen molar-refractivity contribution < 1.29 is 18.0 Å². The first-order chi connectivity index (χ1) is 9.51. The molecule has 1 atom stereocenters. The fourth-order valence-electron chi connectivity index (χ4n) is 2.38. The summed E-state index contributed by atoms with van der Waals surface area (Å²) >= 11 is 0. The van der Waals surface area contributed by atoms with Gasteiger partial charge in [-0.15, -0.1) is 0 Å². The summed E-state index contributed by atoms with van der Waals surface area (Å²) in [6.45, 7) is 0. The van der Waals surface area contributed by atoms with E-state index in [0.29, 0.717) is 5.69 Å². The van der Waals surface area contributed by atoms with Gasteiger partial charge in [-0.2, -0.15) is 8.78 Å². The molecule has 0 aliphatic carbocycles. The fraction of sp³-hybridized carbons (Fsp3) is 0.133. The number of nitrogens with zero attached hydrogens (tertiary/aromatic N) is 1. The molecular formula is C15H10F3NO. The zero-order valence-electron chi connectivity index (χ0n) is 10.3. The Bertz CT molecular complexity index is 657. The first-order valence-electron chi connectivity index (χ1n) is 6.04. The number of benzene rings is 2. The van der Waals surface area contributed by atoms with Crippen molar-refractivity contribution in [2.45, 2.75) is 12.0 Å². The number of hydrogen-bond acceptors (Lipinski definition) is 1. The van der Waals surface area contributed by atoms with Crippen molar-refractivity contribution in [3.8, 4) is 0 Å². The van der Waals surface area contributed by atoms with Crippen LogP contribution in [0.3, 0.4) is 0 Å². The quantitative estimate of drug-likeness (QED) is 0.769. The lowest BCUT2D eigenvalue weighted by atomic mass is 9.89. The normalized spacial score (nSPS) is 20.6. The molecule has 1 amide bonds. The van der Waals surface area contributed by atoms with Crippen LogP contribution in [0.5, 0.6) is 0 Å². The van der Waals surface area contributed by atoms with Crippen LogP contribution >= 0.6 is 0 Å². The van der Waals surface area contributed by atoms with Gasteiger partial charge in [0.15, 0.2) is 0 Å². The van der Waals surface area contributed by atoms with Gasteiger partial charge in [-0.25, -0.2) is 4.39 Å². The summed E-state index contributed by atoms with van der Waals surface area (Å²) in [7, 11) is 0. The van der Waals surface area contributed by atoms with Gasteiger partial charge < -0.3 is 0 Å². The van der Waals surface area contributed by atoms with Gasteiger partial charge in [-0.05, 0) is 29.8 Å². The van der Waals surface area contributed by atoms with E-state index in [1.165, 1.54) is 18.2 Å². The molecule has 0 N–H and O–H groups in total. The Morgan fingerprint density at radius 2 is 1.70 bits per heavy atom. The third-order valence-electron chi connectivity index (χ3n) is 3.30. The second-order valence-corrected chi connectivity index (χ2v) is 4.59. The van der Waals surface area contributed by atoms with Crippen molar-refractivity contribution in [2.75, 3.05) is 4.90 Å². The first-order valence-corrected chi connectivity index (χ1v) is 6.04. The number of hydrogen-bond donors (Lipinski definition) is 0. The molecule has 3 rings (SSSR count). The van der Waals surface area contributed by atoms with E-state index in [1.54, 1.807) is 30.3 Å². The van der Waals surface area contributed by atoms with E-state index in [9.17, 15) is 18.0 Å². The summed E-state index contributed by atoms with van der Waals surface area (Å²) in [5.41, 5.74) is 0.455. The van der Waals surface area contributed by atoms with Crippen molar-refractivity contribution in [2.24, 2.45) is 0 Å². The Morgan fingerprint density at radius 1 is 1.00 bits per heavy atom. The number of carbonyl (C=O) groups excluding carboxylic acids is 1. The lowest BCUT2D eigenvalue weighted by molar-refractivity contribution is -0.162. The summed E-state index contributed by atoms with van der Waals surface area (Å²) in [6, 6.07) is 11.7. The topological polar surface area (TPSA) is 20.3 Å². The predicted octanol–water partition coefficient (Wildman–Crippen LogP) is 3.55. The molecule has 1 aliphatic rings. The second-order valence-electron chi connectivity index (χ2n) is 4.59. The first kappa shape index (κ1) is 12.7. The smallest absolute Gasteiger partial charge is 0.293 e. The van der Waals surface area contributed by atoms with Crippen LogP contribution in [0.2, 0.25) is 0 Å². The molecule has 2 aromatic rings. The summed E-state index contributed by atoms with van der Waals surface area (Å²) in [5, 5.41) is 0. The number of β-lactam (4-membered cyclic amide) rings is 1. The minimum Gasteiger partial charge on any atom is -0.293 e. The van der Waals surface area contributed by atoms with Gasteiger partial charge in [0.1, 0.15) is 11.9 Å². The summed E-state index contributed by atoms with van der Waals surface area (Å²) in [4.78, 5) is 12.6. The number of anilines is 1. The van der Waals surface area contributed by atoms with Crippen LogP contribution in [0.15, 0.2) is 54.6 Å². The number of rotatable bonds is 2. The number of amides is 1. The molecule has 0 spiro atoms. The maximum atomic E-state index is 13.8. The lowest BCUT2D eigenvalue weighted by Crippen LogP contribution is -2.64. The minimum absolute atomic E-state index is 0.0819. The summed E-state index contributed by atoms with van der Waals surface area (Å²) < 4.78 is 40.9. The molecule has 2 aromatic carbocycles. The van der Waals surface area contributed by atoms with Gasteiger partial charge in [0.25, 0.3) is 0 Å². The monoisotopic (exact) mass is 277 g/mol. The molecular weight excluding hydrogens is 267 g/mol. The van der Waals surface area contributed by atoms with E-state index in [0.717, 1.165) is 11.0 Å². The molecule has 1 fully saturated rings. The molecule has 0 radical (unpaired) electrons. The van der Waals surface area contributed by atoms with E-state index in [1.807, 2.05) is 0 Å². The zero-order chi connectivity index (χ0) is 14.3. The van der Waals surface area contributed by atoms with Crippen molar-refractivity contribution in [1.29, 1.82) is 0 Å². The van der Waals surface area contributed by atoms with Gasteiger partial charge in [0.05, 0.1) is 0 Å². The predicted molar refractivity (Wildman–Crippen MR) is 68.0 cm³/mol. The van der Waals surface area contributed by atoms with Gasteiger partial charge in [0, 0.05) is 5.69 Å². The van der Waals surface area contributed by atoms with Crippen LogP contribution in [0.1, 0.15) is 11.6 Å². The van der Waals surface area contributed by atoms with Crippen molar-refractivity contribution in [1.82, 2.24) is 0 Å². The second kappa shape index (κ2) is 4.37. The van der Waals surface area contributed by atoms with E-state index in [2.05, 4.69) is 0 Å².